The van der Waals surface area contributed by atoms with Gasteiger partial charge in [-0.25, -0.2) is 0 Å². The lowest BCUT2D eigenvalue weighted by Crippen LogP contribution is -1.97. The summed E-state index contributed by atoms with van der Waals surface area (Å²) in [7, 11) is 0. The molecule has 0 saturated carbocycles. The average Bonchev–Trinajstić information content (AvgIpc) is 2.84. The number of furan rings is 1. The van der Waals surface area contributed by atoms with Crippen molar-refractivity contribution >= 4 is 5.65 Å². The molecular weight excluding hydrogens is 192 g/mol. The normalized spacial score (nSPS) is 10.9. The molecule has 4 heteroatoms. The minimum Gasteiger partial charge on any atom is -0.463 e. The Bertz CT molecular complexity index is 647. The largest absolute Gasteiger partial charge is 0.463 e. The number of pyridine rings is 1. The van der Waals surface area contributed by atoms with E-state index in [-0.39, 0.29) is 5.43 Å². The van der Waals surface area contributed by atoms with Gasteiger partial charge in [-0.05, 0) is 12.1 Å². The van der Waals surface area contributed by atoms with Crippen molar-refractivity contribution in [2.75, 3.05) is 0 Å². The summed E-state index contributed by atoms with van der Waals surface area (Å²) in [4.78, 5) is 14.2. The van der Waals surface area contributed by atoms with Gasteiger partial charge in [0.25, 0.3) is 0 Å². The number of nitrogens with zero attached hydrogens (tertiary/aromatic N) is 1. The number of hydrogen-bond donors (Lipinski definition) is 1. The molecule has 0 atom stereocenters. The molecule has 3 aromatic heterocycles. The molecule has 1 N–H and O–H groups in total. The SMILES string of the molecule is O=c1ccn2cc(-c3ccco3)[nH]c2c1. The maximum absolute atomic E-state index is 11.1. The van der Waals surface area contributed by atoms with E-state index in [4.69, 9.17) is 4.42 Å². The predicted molar refractivity (Wildman–Crippen MR) is 55.7 cm³/mol. The van der Waals surface area contributed by atoms with Gasteiger partial charge in [0.2, 0.25) is 0 Å². The van der Waals surface area contributed by atoms with Crippen LogP contribution in [0.15, 0.2) is 52.1 Å². The second-order valence-corrected chi connectivity index (χ2v) is 3.30. The molecule has 0 aliphatic rings. The van der Waals surface area contributed by atoms with Crippen LogP contribution < -0.4 is 5.43 Å². The fraction of sp³-hybridized carbons (Fsp3) is 0. The summed E-state index contributed by atoms with van der Waals surface area (Å²) in [6.45, 7) is 0. The summed E-state index contributed by atoms with van der Waals surface area (Å²) in [5.74, 6) is 0.756. The lowest BCUT2D eigenvalue weighted by atomic mass is 10.4. The molecule has 15 heavy (non-hydrogen) atoms. The first-order valence-electron chi connectivity index (χ1n) is 4.58. The van der Waals surface area contributed by atoms with Gasteiger partial charge in [0.1, 0.15) is 5.65 Å². The summed E-state index contributed by atoms with van der Waals surface area (Å²) in [5, 5.41) is 0. The minimum atomic E-state index is -0.0113. The quantitative estimate of drug-likeness (QED) is 0.652. The van der Waals surface area contributed by atoms with E-state index in [2.05, 4.69) is 4.98 Å². The Morgan fingerprint density at radius 3 is 3.07 bits per heavy atom. The molecule has 0 spiro atoms. The summed E-state index contributed by atoms with van der Waals surface area (Å²) < 4.78 is 7.10. The molecule has 3 aromatic rings. The third kappa shape index (κ3) is 1.27. The standard InChI is InChI=1S/C11H8N2O2/c14-8-3-4-13-7-9(12-11(13)6-8)10-2-1-5-15-10/h1-7,12H. The number of aromatic nitrogens is 2. The van der Waals surface area contributed by atoms with Crippen molar-refractivity contribution in [2.45, 2.75) is 0 Å². The van der Waals surface area contributed by atoms with Crippen LogP contribution in [0.2, 0.25) is 0 Å². The lowest BCUT2D eigenvalue weighted by Gasteiger charge is -1.87. The maximum Gasteiger partial charge on any atom is 0.183 e. The van der Waals surface area contributed by atoms with Gasteiger partial charge >= 0.3 is 0 Å². The van der Waals surface area contributed by atoms with Crippen LogP contribution in [-0.2, 0) is 0 Å². The number of hydrogen-bond acceptors (Lipinski definition) is 2. The molecule has 0 aliphatic heterocycles. The van der Waals surface area contributed by atoms with Crippen LogP contribution in [-0.4, -0.2) is 9.38 Å². The van der Waals surface area contributed by atoms with Gasteiger partial charge in [0, 0.05) is 24.5 Å². The molecule has 0 unspecified atom stereocenters. The van der Waals surface area contributed by atoms with Gasteiger partial charge in [-0.2, -0.15) is 0 Å². The van der Waals surface area contributed by atoms with Crippen molar-refractivity contribution < 1.29 is 4.42 Å². The number of H-pyrrole nitrogens is 1. The van der Waals surface area contributed by atoms with Crippen molar-refractivity contribution in [2.24, 2.45) is 0 Å². The van der Waals surface area contributed by atoms with Crippen LogP contribution >= 0.6 is 0 Å². The Morgan fingerprint density at radius 2 is 2.27 bits per heavy atom. The Balaban J connectivity index is 2.27. The van der Waals surface area contributed by atoms with Crippen LogP contribution in [0, 0.1) is 0 Å². The van der Waals surface area contributed by atoms with Crippen LogP contribution in [0.5, 0.6) is 0 Å². The zero-order chi connectivity index (χ0) is 10.3. The molecule has 0 saturated heterocycles. The minimum absolute atomic E-state index is 0.0113. The second-order valence-electron chi connectivity index (χ2n) is 3.30. The molecule has 0 bridgehead atoms. The zero-order valence-corrected chi connectivity index (χ0v) is 7.81. The van der Waals surface area contributed by atoms with Crippen molar-refractivity contribution in [3.63, 3.8) is 0 Å². The molecule has 3 heterocycles. The van der Waals surface area contributed by atoms with E-state index in [1.807, 2.05) is 22.7 Å². The van der Waals surface area contributed by atoms with Gasteiger partial charge in [-0.15, -0.1) is 0 Å². The van der Waals surface area contributed by atoms with E-state index in [1.165, 1.54) is 6.07 Å². The smallest absolute Gasteiger partial charge is 0.183 e. The van der Waals surface area contributed by atoms with Crippen LogP contribution in [0.3, 0.4) is 0 Å². The Labute approximate surface area is 84.8 Å². The molecule has 0 aromatic carbocycles. The summed E-state index contributed by atoms with van der Waals surface area (Å²) in [5.41, 5.74) is 1.60. The van der Waals surface area contributed by atoms with E-state index in [9.17, 15) is 4.79 Å². The molecule has 0 amide bonds. The summed E-state index contributed by atoms with van der Waals surface area (Å²) in [6.07, 6.45) is 5.22. The van der Waals surface area contributed by atoms with Crippen molar-refractivity contribution in [3.05, 3.63) is 53.1 Å². The molecule has 0 radical (unpaired) electrons. The van der Waals surface area contributed by atoms with E-state index in [0.717, 1.165) is 17.1 Å². The van der Waals surface area contributed by atoms with Crippen LogP contribution in [0.4, 0.5) is 0 Å². The summed E-state index contributed by atoms with van der Waals surface area (Å²) >= 11 is 0. The van der Waals surface area contributed by atoms with E-state index in [0.29, 0.717) is 0 Å². The molecule has 74 valence electrons. The van der Waals surface area contributed by atoms with Crippen LogP contribution in [0.1, 0.15) is 0 Å². The molecular formula is C11H8N2O2. The van der Waals surface area contributed by atoms with Crippen molar-refractivity contribution in [3.8, 4) is 11.5 Å². The first kappa shape index (κ1) is 8.11. The highest BCUT2D eigenvalue weighted by atomic mass is 16.3. The highest BCUT2D eigenvalue weighted by Gasteiger charge is 2.04. The fourth-order valence-electron chi connectivity index (χ4n) is 1.57. The summed E-state index contributed by atoms with van der Waals surface area (Å²) in [6, 6.07) is 6.76. The van der Waals surface area contributed by atoms with Crippen molar-refractivity contribution in [1.29, 1.82) is 0 Å². The molecule has 0 aliphatic carbocycles. The molecule has 4 nitrogen and oxygen atoms in total. The first-order chi connectivity index (χ1) is 7.33. The zero-order valence-electron chi connectivity index (χ0n) is 7.81. The van der Waals surface area contributed by atoms with Crippen LogP contribution in [0.25, 0.3) is 17.1 Å². The number of imidazole rings is 1. The number of rotatable bonds is 1. The van der Waals surface area contributed by atoms with Gasteiger partial charge in [-0.1, -0.05) is 0 Å². The third-order valence-corrected chi connectivity index (χ3v) is 2.27. The average molecular weight is 200 g/mol. The Morgan fingerprint density at radius 1 is 1.33 bits per heavy atom. The van der Waals surface area contributed by atoms with Gasteiger partial charge in [-0.3, -0.25) is 4.79 Å². The predicted octanol–water partition coefficient (Wildman–Crippen LogP) is 1.89. The number of aromatic amines is 1. The Kier molecular flexibility index (Phi) is 1.56. The van der Waals surface area contributed by atoms with E-state index >= 15 is 0 Å². The monoisotopic (exact) mass is 200 g/mol. The van der Waals surface area contributed by atoms with Gasteiger partial charge < -0.3 is 13.8 Å². The highest BCUT2D eigenvalue weighted by molar-refractivity contribution is 5.56. The molecule has 3 rings (SSSR count). The van der Waals surface area contributed by atoms with E-state index in [1.54, 1.807) is 18.5 Å². The van der Waals surface area contributed by atoms with Gasteiger partial charge in [0.15, 0.2) is 11.2 Å². The lowest BCUT2D eigenvalue weighted by molar-refractivity contribution is 0.580. The number of nitrogens with one attached hydrogen (secondary N) is 1. The maximum atomic E-state index is 11.1. The second kappa shape index (κ2) is 2.88. The topological polar surface area (TPSA) is 50.4 Å². The van der Waals surface area contributed by atoms with Crippen molar-refractivity contribution in [1.82, 2.24) is 9.38 Å². The van der Waals surface area contributed by atoms with E-state index < -0.39 is 0 Å². The fourth-order valence-corrected chi connectivity index (χ4v) is 1.57. The Hall–Kier alpha value is -2.23. The van der Waals surface area contributed by atoms with Gasteiger partial charge in [0.05, 0.1) is 12.0 Å². The first-order valence-corrected chi connectivity index (χ1v) is 4.58. The highest BCUT2D eigenvalue weighted by Crippen LogP contribution is 2.18. The molecule has 0 fully saturated rings. The third-order valence-electron chi connectivity index (χ3n) is 2.27. The number of fused-ring (bicyclic) bond motifs is 1.